The molecule has 1 aromatic heterocycles. The number of halogens is 3. The highest BCUT2D eigenvalue weighted by molar-refractivity contribution is 9.13. The lowest BCUT2D eigenvalue weighted by atomic mass is 10.2. The summed E-state index contributed by atoms with van der Waals surface area (Å²) in [5.74, 6) is -0.858. The molecule has 21 heavy (non-hydrogen) atoms. The molecule has 0 fully saturated rings. The van der Waals surface area contributed by atoms with Gasteiger partial charge in [-0.25, -0.2) is 9.18 Å². The van der Waals surface area contributed by atoms with E-state index in [2.05, 4.69) is 37.2 Å². The number of rotatable bonds is 5. The lowest BCUT2D eigenvalue weighted by molar-refractivity contribution is -0.144. The number of carbonyl (C=O) groups excluding carboxylic acids is 1. The summed E-state index contributed by atoms with van der Waals surface area (Å²) >= 11 is 8.16. The van der Waals surface area contributed by atoms with Crippen molar-refractivity contribution in [1.29, 1.82) is 0 Å². The van der Waals surface area contributed by atoms with E-state index in [1.807, 2.05) is 6.07 Å². The van der Waals surface area contributed by atoms with E-state index in [1.165, 1.54) is 17.4 Å². The van der Waals surface area contributed by atoms with Crippen molar-refractivity contribution in [2.24, 2.45) is 0 Å². The van der Waals surface area contributed by atoms with Gasteiger partial charge in [-0.3, -0.25) is 0 Å². The number of ether oxygens (including phenoxy) is 1. The fraction of sp³-hybridized carbons (Fsp3) is 0.214. The van der Waals surface area contributed by atoms with Gasteiger partial charge >= 0.3 is 5.97 Å². The Morgan fingerprint density at radius 2 is 2.14 bits per heavy atom. The van der Waals surface area contributed by atoms with E-state index in [0.717, 1.165) is 13.1 Å². The lowest BCUT2D eigenvalue weighted by Crippen LogP contribution is -2.23. The average molecular weight is 437 g/mol. The molecular formula is C14H12Br2FNO2S. The Morgan fingerprint density at radius 3 is 2.71 bits per heavy atom. The molecule has 2 aromatic rings. The van der Waals surface area contributed by atoms with Crippen LogP contribution in [0, 0.1) is 5.82 Å². The molecule has 0 bridgehead atoms. The molecule has 1 unspecified atom stereocenters. The van der Waals surface area contributed by atoms with E-state index in [4.69, 9.17) is 4.74 Å². The fourth-order valence-corrected chi connectivity index (χ4v) is 3.84. The third-order valence-electron chi connectivity index (χ3n) is 2.64. The van der Waals surface area contributed by atoms with Gasteiger partial charge in [0.1, 0.15) is 5.82 Å². The van der Waals surface area contributed by atoms with Gasteiger partial charge in [0.05, 0.1) is 16.1 Å². The minimum atomic E-state index is -0.755. The molecule has 1 heterocycles. The van der Waals surface area contributed by atoms with Gasteiger partial charge in [-0.05, 0) is 57.0 Å². The van der Waals surface area contributed by atoms with Crippen molar-refractivity contribution < 1.29 is 13.9 Å². The number of nitrogens with one attached hydrogen (secondary N) is 1. The highest BCUT2D eigenvalue weighted by Crippen LogP contribution is 2.37. The first-order valence-electron chi connectivity index (χ1n) is 6.15. The molecule has 1 atom stereocenters. The summed E-state index contributed by atoms with van der Waals surface area (Å²) in [6.07, 6.45) is 0. The smallest absolute Gasteiger partial charge is 0.334 e. The minimum Gasteiger partial charge on any atom is -0.464 e. The van der Waals surface area contributed by atoms with E-state index < -0.39 is 17.8 Å². The molecule has 0 saturated carbocycles. The summed E-state index contributed by atoms with van der Waals surface area (Å²) < 4.78 is 20.5. The number of benzene rings is 1. The minimum absolute atomic E-state index is 0.260. The first kappa shape index (κ1) is 16.5. The number of para-hydroxylation sites is 1. The van der Waals surface area contributed by atoms with Gasteiger partial charge < -0.3 is 10.1 Å². The van der Waals surface area contributed by atoms with Crippen molar-refractivity contribution >= 4 is 54.9 Å². The summed E-state index contributed by atoms with van der Waals surface area (Å²) in [6, 6.07) is 7.27. The van der Waals surface area contributed by atoms with Crippen LogP contribution in [0.4, 0.5) is 10.1 Å². The molecule has 7 heteroatoms. The fourth-order valence-electron chi connectivity index (χ4n) is 1.71. The number of esters is 1. The molecule has 0 amide bonds. The molecule has 2 rings (SSSR count). The number of carbonyl (C=O) groups is 1. The molecule has 112 valence electrons. The molecular weight excluding hydrogens is 425 g/mol. The molecule has 0 aliphatic heterocycles. The van der Waals surface area contributed by atoms with Gasteiger partial charge in [-0.1, -0.05) is 12.1 Å². The van der Waals surface area contributed by atoms with Crippen LogP contribution in [0.2, 0.25) is 0 Å². The van der Waals surface area contributed by atoms with Crippen LogP contribution in [0.5, 0.6) is 0 Å². The Morgan fingerprint density at radius 1 is 1.43 bits per heavy atom. The van der Waals surface area contributed by atoms with Crippen molar-refractivity contribution in [3.8, 4) is 0 Å². The highest BCUT2D eigenvalue weighted by atomic mass is 79.9. The maximum atomic E-state index is 13.8. The van der Waals surface area contributed by atoms with Gasteiger partial charge in [0.2, 0.25) is 0 Å². The third kappa shape index (κ3) is 4.05. The summed E-state index contributed by atoms with van der Waals surface area (Å²) in [6.45, 7) is 2.00. The Balaban J connectivity index is 2.32. The van der Waals surface area contributed by atoms with Crippen molar-refractivity contribution in [2.75, 3.05) is 11.9 Å². The quantitative estimate of drug-likeness (QED) is 0.660. The predicted octanol–water partition coefficient (Wildman–Crippen LogP) is 5.13. The molecule has 3 nitrogen and oxygen atoms in total. The summed E-state index contributed by atoms with van der Waals surface area (Å²) in [5.41, 5.74) is 0.260. The maximum Gasteiger partial charge on any atom is 0.334 e. The zero-order chi connectivity index (χ0) is 15.4. The summed E-state index contributed by atoms with van der Waals surface area (Å²) in [5, 5.41) is 2.91. The van der Waals surface area contributed by atoms with E-state index >= 15 is 0 Å². The van der Waals surface area contributed by atoms with Crippen LogP contribution in [-0.2, 0) is 9.53 Å². The second-order valence-electron chi connectivity index (χ2n) is 4.08. The second-order valence-corrected chi connectivity index (χ2v) is 7.34. The standard InChI is InChI=1S/C14H12Br2FNO2S/c1-2-20-14(19)12(11-7-8(15)13(16)21-11)18-10-6-4-3-5-9(10)17/h3-7,12,18H,2H2,1H3. The summed E-state index contributed by atoms with van der Waals surface area (Å²) in [7, 11) is 0. The van der Waals surface area contributed by atoms with Crippen LogP contribution < -0.4 is 5.32 Å². The lowest BCUT2D eigenvalue weighted by Gasteiger charge is -2.17. The topological polar surface area (TPSA) is 38.3 Å². The van der Waals surface area contributed by atoms with Gasteiger partial charge in [0.25, 0.3) is 0 Å². The number of hydrogen-bond acceptors (Lipinski definition) is 4. The first-order chi connectivity index (χ1) is 10.0. The Hall–Kier alpha value is -0.920. The number of anilines is 1. The number of hydrogen-bond donors (Lipinski definition) is 1. The Labute approximate surface area is 142 Å². The largest absolute Gasteiger partial charge is 0.464 e. The average Bonchev–Trinajstić information content (AvgIpc) is 2.77. The zero-order valence-electron chi connectivity index (χ0n) is 11.0. The van der Waals surface area contributed by atoms with Crippen LogP contribution in [0.1, 0.15) is 17.8 Å². The molecule has 1 N–H and O–H groups in total. The predicted molar refractivity (Wildman–Crippen MR) is 89.1 cm³/mol. The third-order valence-corrected chi connectivity index (χ3v) is 5.97. The van der Waals surface area contributed by atoms with Gasteiger partial charge in [-0.15, -0.1) is 11.3 Å². The van der Waals surface area contributed by atoms with Crippen molar-refractivity contribution in [3.63, 3.8) is 0 Å². The molecule has 0 aliphatic carbocycles. The van der Waals surface area contributed by atoms with Crippen molar-refractivity contribution in [1.82, 2.24) is 0 Å². The molecule has 0 radical (unpaired) electrons. The van der Waals surface area contributed by atoms with Gasteiger partial charge in [-0.2, -0.15) is 0 Å². The van der Waals surface area contributed by atoms with Crippen LogP contribution in [-0.4, -0.2) is 12.6 Å². The van der Waals surface area contributed by atoms with E-state index in [0.29, 0.717) is 0 Å². The normalized spacial score (nSPS) is 12.0. The van der Waals surface area contributed by atoms with Gasteiger partial charge in [0.15, 0.2) is 6.04 Å². The van der Waals surface area contributed by atoms with Crippen molar-refractivity contribution in [3.05, 3.63) is 49.3 Å². The van der Waals surface area contributed by atoms with Crippen molar-refractivity contribution in [2.45, 2.75) is 13.0 Å². The number of thiophene rings is 1. The van der Waals surface area contributed by atoms with E-state index in [-0.39, 0.29) is 12.3 Å². The monoisotopic (exact) mass is 435 g/mol. The van der Waals surface area contributed by atoms with E-state index in [1.54, 1.807) is 25.1 Å². The molecule has 0 aliphatic rings. The second kappa shape index (κ2) is 7.38. The Kier molecular flexibility index (Phi) is 5.78. The first-order valence-corrected chi connectivity index (χ1v) is 8.55. The SMILES string of the molecule is CCOC(=O)C(Nc1ccccc1F)c1cc(Br)c(Br)s1. The van der Waals surface area contributed by atoms with Crippen LogP contribution in [0.3, 0.4) is 0 Å². The summed E-state index contributed by atoms with van der Waals surface area (Å²) in [4.78, 5) is 12.9. The highest BCUT2D eigenvalue weighted by Gasteiger charge is 2.25. The van der Waals surface area contributed by atoms with E-state index in [9.17, 15) is 9.18 Å². The molecule has 1 aromatic carbocycles. The maximum absolute atomic E-state index is 13.8. The van der Waals surface area contributed by atoms with Crippen LogP contribution >= 0.6 is 43.2 Å². The Bertz CT molecular complexity index is 628. The zero-order valence-corrected chi connectivity index (χ0v) is 15.0. The van der Waals surface area contributed by atoms with Crippen LogP contribution in [0.15, 0.2) is 38.6 Å². The molecule has 0 spiro atoms. The van der Waals surface area contributed by atoms with Gasteiger partial charge in [0, 0.05) is 9.35 Å². The molecule has 0 saturated heterocycles. The van der Waals surface area contributed by atoms with Crippen LogP contribution in [0.25, 0.3) is 0 Å².